The molecule has 29 heavy (non-hydrogen) atoms. The van der Waals surface area contributed by atoms with Crippen LogP contribution in [-0.2, 0) is 24.9 Å². The van der Waals surface area contributed by atoms with Crippen LogP contribution in [0.25, 0.3) is 0 Å². The van der Waals surface area contributed by atoms with Gasteiger partial charge in [0, 0.05) is 18.9 Å². The topological polar surface area (TPSA) is 38.4 Å². The Hall–Kier alpha value is -3.53. The third-order valence-corrected chi connectivity index (χ3v) is 5.16. The Morgan fingerprint density at radius 3 is 2.03 bits per heavy atom. The van der Waals surface area contributed by atoms with E-state index in [1.54, 1.807) is 6.26 Å². The van der Waals surface area contributed by atoms with Crippen LogP contribution in [0.1, 0.15) is 28.5 Å². The Morgan fingerprint density at radius 2 is 1.52 bits per heavy atom. The average Bonchev–Trinajstić information content (AvgIpc) is 3.41. The molecule has 0 unspecified atom stereocenters. The van der Waals surface area contributed by atoms with Crippen molar-refractivity contribution >= 4 is 5.91 Å². The maximum atomic E-state index is 13.9. The van der Waals surface area contributed by atoms with Crippen LogP contribution in [0.2, 0.25) is 0 Å². The van der Waals surface area contributed by atoms with Gasteiger partial charge in [-0.05, 0) is 35.4 Å². The predicted octanol–water partition coefficient (Wildman–Crippen LogP) is 4.98. The molecule has 146 valence electrons. The van der Waals surface area contributed by atoms with Crippen molar-refractivity contribution in [1.29, 1.82) is 0 Å². The first-order chi connectivity index (χ1) is 14.2. The molecule has 2 aromatic heterocycles. The normalized spacial score (nSPS) is 11.0. The van der Waals surface area contributed by atoms with Crippen LogP contribution in [0.15, 0.2) is 102 Å². The monoisotopic (exact) mass is 384 g/mol. The van der Waals surface area contributed by atoms with Gasteiger partial charge in [0.05, 0.1) is 25.3 Å². The molecule has 0 saturated heterocycles. The first-order valence-corrected chi connectivity index (χ1v) is 9.73. The first kappa shape index (κ1) is 18.8. The van der Waals surface area contributed by atoms with Crippen LogP contribution in [-0.4, -0.2) is 15.4 Å². The first-order valence-electron chi connectivity index (χ1n) is 9.73. The van der Waals surface area contributed by atoms with Gasteiger partial charge in [-0.2, -0.15) is 0 Å². The highest BCUT2D eigenvalue weighted by Gasteiger charge is 2.28. The zero-order valence-corrected chi connectivity index (χ0v) is 16.4. The van der Waals surface area contributed by atoms with E-state index in [-0.39, 0.29) is 11.8 Å². The molecule has 0 aliphatic heterocycles. The summed E-state index contributed by atoms with van der Waals surface area (Å²) in [7, 11) is 2.00. The third kappa shape index (κ3) is 4.32. The smallest absolute Gasteiger partial charge is 0.235 e. The molecule has 4 nitrogen and oxygen atoms in total. The highest BCUT2D eigenvalue weighted by molar-refractivity contribution is 5.87. The zero-order chi connectivity index (χ0) is 20.1. The average molecular weight is 384 g/mol. The summed E-state index contributed by atoms with van der Waals surface area (Å²) in [5.41, 5.74) is 3.05. The number of nitrogens with zero attached hydrogens (tertiary/aromatic N) is 2. The summed E-state index contributed by atoms with van der Waals surface area (Å²) in [6.07, 6.45) is 3.64. The molecule has 4 heteroatoms. The van der Waals surface area contributed by atoms with Crippen molar-refractivity contribution in [2.24, 2.45) is 7.05 Å². The van der Waals surface area contributed by atoms with Crippen LogP contribution in [0.5, 0.6) is 0 Å². The van der Waals surface area contributed by atoms with Gasteiger partial charge < -0.3 is 13.9 Å². The second-order valence-corrected chi connectivity index (χ2v) is 7.14. The minimum absolute atomic E-state index is 0.0556. The lowest BCUT2D eigenvalue weighted by molar-refractivity contribution is -0.133. The summed E-state index contributed by atoms with van der Waals surface area (Å²) in [6, 6.07) is 27.7. The lowest BCUT2D eigenvalue weighted by atomic mass is 9.90. The number of aryl methyl sites for hydroxylation is 1. The summed E-state index contributed by atoms with van der Waals surface area (Å²) in [5.74, 6) is 0.458. The molecule has 0 aliphatic carbocycles. The number of hydrogen-bond donors (Lipinski definition) is 0. The van der Waals surface area contributed by atoms with Gasteiger partial charge in [-0.3, -0.25) is 4.79 Å². The van der Waals surface area contributed by atoms with Crippen LogP contribution >= 0.6 is 0 Å². The van der Waals surface area contributed by atoms with Crippen molar-refractivity contribution in [1.82, 2.24) is 9.47 Å². The van der Waals surface area contributed by atoms with Gasteiger partial charge in [-0.1, -0.05) is 60.7 Å². The van der Waals surface area contributed by atoms with Crippen molar-refractivity contribution < 1.29 is 9.21 Å². The van der Waals surface area contributed by atoms with Crippen LogP contribution in [0.4, 0.5) is 0 Å². The molecule has 1 amide bonds. The molecule has 0 atom stereocenters. The fourth-order valence-electron chi connectivity index (χ4n) is 3.61. The standard InChI is InChI=1S/C25H24N2O2/c1-26-16-8-14-22(26)18-27(19-23-15-9-17-29-23)25(28)24(20-10-4-2-5-11-20)21-12-6-3-7-13-21/h2-17,24H,18-19H2,1H3. The van der Waals surface area contributed by atoms with Crippen LogP contribution in [0, 0.1) is 0 Å². The number of amides is 1. The van der Waals surface area contributed by atoms with Gasteiger partial charge in [0.2, 0.25) is 5.91 Å². The highest BCUT2D eigenvalue weighted by Crippen LogP contribution is 2.28. The lowest BCUT2D eigenvalue weighted by Gasteiger charge is -2.28. The molecule has 0 fully saturated rings. The van der Waals surface area contributed by atoms with Crippen molar-refractivity contribution in [2.75, 3.05) is 0 Å². The Labute approximate surface area is 171 Å². The van der Waals surface area contributed by atoms with Crippen LogP contribution < -0.4 is 0 Å². The second kappa shape index (κ2) is 8.65. The second-order valence-electron chi connectivity index (χ2n) is 7.14. The largest absolute Gasteiger partial charge is 0.467 e. The van der Waals surface area contributed by atoms with E-state index in [0.717, 1.165) is 22.6 Å². The molecule has 0 bridgehead atoms. The fourth-order valence-corrected chi connectivity index (χ4v) is 3.61. The van der Waals surface area contributed by atoms with E-state index in [2.05, 4.69) is 0 Å². The van der Waals surface area contributed by atoms with Crippen molar-refractivity contribution in [3.63, 3.8) is 0 Å². The molecule has 0 aliphatic rings. The SMILES string of the molecule is Cn1cccc1CN(Cc1ccco1)C(=O)C(c1ccccc1)c1ccccc1. The summed E-state index contributed by atoms with van der Waals surface area (Å²) < 4.78 is 7.60. The number of carbonyl (C=O) groups is 1. The minimum Gasteiger partial charge on any atom is -0.467 e. The lowest BCUT2D eigenvalue weighted by Crippen LogP contribution is -2.35. The zero-order valence-electron chi connectivity index (χ0n) is 16.4. The number of rotatable bonds is 7. The summed E-state index contributed by atoms with van der Waals surface area (Å²) in [4.78, 5) is 15.8. The minimum atomic E-state index is -0.368. The molecule has 0 spiro atoms. The Morgan fingerprint density at radius 1 is 0.862 bits per heavy atom. The van der Waals surface area contributed by atoms with E-state index in [1.807, 2.05) is 108 Å². The van der Waals surface area contributed by atoms with Gasteiger partial charge in [0.25, 0.3) is 0 Å². The molecule has 2 heterocycles. The number of hydrogen-bond acceptors (Lipinski definition) is 2. The predicted molar refractivity (Wildman–Crippen MR) is 113 cm³/mol. The van der Waals surface area contributed by atoms with Gasteiger partial charge >= 0.3 is 0 Å². The van der Waals surface area contributed by atoms with E-state index in [0.29, 0.717) is 13.1 Å². The van der Waals surface area contributed by atoms with E-state index in [9.17, 15) is 4.79 Å². The molecule has 4 aromatic rings. The molecule has 2 aromatic carbocycles. The van der Waals surface area contributed by atoms with E-state index >= 15 is 0 Å². The number of benzene rings is 2. The molecule has 4 rings (SSSR count). The van der Waals surface area contributed by atoms with Crippen molar-refractivity contribution in [3.8, 4) is 0 Å². The third-order valence-electron chi connectivity index (χ3n) is 5.16. The van der Waals surface area contributed by atoms with E-state index in [4.69, 9.17) is 4.42 Å². The number of carbonyl (C=O) groups excluding carboxylic acids is 1. The van der Waals surface area contributed by atoms with Gasteiger partial charge in [0.1, 0.15) is 5.76 Å². The number of furan rings is 1. The molecule has 0 radical (unpaired) electrons. The summed E-state index contributed by atoms with van der Waals surface area (Å²) in [6.45, 7) is 0.937. The summed E-state index contributed by atoms with van der Waals surface area (Å²) >= 11 is 0. The molecular formula is C25H24N2O2. The maximum Gasteiger partial charge on any atom is 0.235 e. The van der Waals surface area contributed by atoms with E-state index < -0.39 is 0 Å². The Balaban J connectivity index is 1.72. The Kier molecular flexibility index (Phi) is 5.61. The molecule has 0 N–H and O–H groups in total. The summed E-state index contributed by atoms with van der Waals surface area (Å²) in [5, 5.41) is 0. The van der Waals surface area contributed by atoms with Gasteiger partial charge in [-0.15, -0.1) is 0 Å². The quantitative estimate of drug-likeness (QED) is 0.451. The van der Waals surface area contributed by atoms with Crippen LogP contribution in [0.3, 0.4) is 0 Å². The van der Waals surface area contributed by atoms with Crippen molar-refractivity contribution in [3.05, 3.63) is 120 Å². The highest BCUT2D eigenvalue weighted by atomic mass is 16.3. The fraction of sp³-hybridized carbons (Fsp3) is 0.160. The van der Waals surface area contributed by atoms with Gasteiger partial charge in [-0.25, -0.2) is 0 Å². The molecular weight excluding hydrogens is 360 g/mol. The maximum absolute atomic E-state index is 13.9. The molecule has 0 saturated carbocycles. The Bertz CT molecular complexity index is 997. The van der Waals surface area contributed by atoms with E-state index in [1.165, 1.54) is 0 Å². The number of aromatic nitrogens is 1. The van der Waals surface area contributed by atoms with Crippen molar-refractivity contribution in [2.45, 2.75) is 19.0 Å². The van der Waals surface area contributed by atoms with Gasteiger partial charge in [0.15, 0.2) is 0 Å².